The summed E-state index contributed by atoms with van der Waals surface area (Å²) in [4.78, 5) is 0. The lowest BCUT2D eigenvalue weighted by Crippen LogP contribution is -1.90. The fraction of sp³-hybridized carbons (Fsp3) is 0.102. The summed E-state index contributed by atoms with van der Waals surface area (Å²) in [6.45, 7) is 22.1. The van der Waals surface area contributed by atoms with Gasteiger partial charge in [-0.25, -0.2) is 0 Å². The zero-order valence-corrected chi connectivity index (χ0v) is 57.6. The maximum Gasteiger partial charge on any atom is -0.00210 e. The fourth-order valence-electron chi connectivity index (χ4n) is 16.8. The van der Waals surface area contributed by atoms with Gasteiger partial charge in [0.2, 0.25) is 0 Å². The number of rotatable bonds is 0. The average Bonchev–Trinajstić information content (AvgIpc) is 1.06. The van der Waals surface area contributed by atoms with E-state index in [1.54, 1.807) is 0 Å². The average molecular weight is 1250 g/mol. The van der Waals surface area contributed by atoms with Crippen LogP contribution in [0, 0.1) is 69.2 Å². The molecule has 0 N–H and O–H groups in total. The number of benzene rings is 19. The molecule has 19 aromatic carbocycles. The lowest BCUT2D eigenvalue weighted by Gasteiger charge is -2.16. The van der Waals surface area contributed by atoms with Crippen LogP contribution in [-0.4, -0.2) is 0 Å². The number of hydrogen-bond acceptors (Lipinski definition) is 0. The molecule has 19 aromatic rings. The van der Waals surface area contributed by atoms with Gasteiger partial charge in [-0.05, 0) is 299 Å². The van der Waals surface area contributed by atoms with Gasteiger partial charge in [-0.3, -0.25) is 0 Å². The minimum Gasteiger partial charge on any atom is -0.0616 e. The molecule has 0 heteroatoms. The Morgan fingerprint density at radius 3 is 0.898 bits per heavy atom. The van der Waals surface area contributed by atoms with Crippen LogP contribution in [0.3, 0.4) is 0 Å². The highest BCUT2D eigenvalue weighted by Gasteiger charge is 2.24. The molecule has 0 aromatic heterocycles. The van der Waals surface area contributed by atoms with Gasteiger partial charge in [-0.1, -0.05) is 279 Å². The van der Waals surface area contributed by atoms with Crippen molar-refractivity contribution in [2.75, 3.05) is 0 Å². The molecule has 2 aliphatic carbocycles. The van der Waals surface area contributed by atoms with Crippen LogP contribution in [0.5, 0.6) is 0 Å². The van der Waals surface area contributed by atoms with Crippen LogP contribution in [0.1, 0.15) is 55.6 Å². The Morgan fingerprint density at radius 2 is 0.439 bits per heavy atom. The molecule has 0 bridgehead atoms. The number of hydrogen-bond donors (Lipinski definition) is 0. The lowest BCUT2D eigenvalue weighted by molar-refractivity contribution is 1.35. The second-order valence-electron chi connectivity index (χ2n) is 27.7. The summed E-state index contributed by atoms with van der Waals surface area (Å²) in [7, 11) is 0. The van der Waals surface area contributed by atoms with Crippen molar-refractivity contribution in [3.8, 4) is 44.5 Å². The highest BCUT2D eigenvalue weighted by Crippen LogP contribution is 2.51. The van der Waals surface area contributed by atoms with E-state index in [0.29, 0.717) is 0 Å². The van der Waals surface area contributed by atoms with Crippen molar-refractivity contribution in [3.63, 3.8) is 0 Å². The molecular weight excluding hydrogens is 1180 g/mol. The molecule has 0 amide bonds. The molecule has 0 fully saturated rings. The van der Waals surface area contributed by atoms with E-state index in [9.17, 15) is 0 Å². The van der Waals surface area contributed by atoms with Gasteiger partial charge in [0, 0.05) is 0 Å². The largest absolute Gasteiger partial charge is 0.0616 e. The molecule has 0 nitrogen and oxygen atoms in total. The third-order valence-corrected chi connectivity index (χ3v) is 22.2. The highest BCUT2D eigenvalue weighted by atomic mass is 14.3. The predicted octanol–water partition coefficient (Wildman–Crippen LogP) is 28.1. The second-order valence-corrected chi connectivity index (χ2v) is 27.7. The zero-order valence-electron chi connectivity index (χ0n) is 57.6. The molecule has 0 spiro atoms. The molecule has 0 saturated carbocycles. The molecule has 2 aliphatic rings. The van der Waals surface area contributed by atoms with Gasteiger partial charge < -0.3 is 0 Å². The summed E-state index contributed by atoms with van der Waals surface area (Å²) >= 11 is 0. The van der Waals surface area contributed by atoms with E-state index >= 15 is 0 Å². The molecule has 21 rings (SSSR count). The van der Waals surface area contributed by atoms with E-state index in [1.165, 1.54) is 229 Å². The Balaban J connectivity index is 0.0000000923. The Hall–Kier alpha value is -11.4. The van der Waals surface area contributed by atoms with Crippen molar-refractivity contribution < 1.29 is 0 Å². The van der Waals surface area contributed by atoms with Crippen LogP contribution < -0.4 is 0 Å². The lowest BCUT2D eigenvalue weighted by atomic mass is 9.87. The molecule has 0 atom stereocenters. The Kier molecular flexibility index (Phi) is 14.6. The summed E-state index contributed by atoms with van der Waals surface area (Å²) in [5.41, 5.74) is 24.9. The third-order valence-electron chi connectivity index (χ3n) is 22.2. The molecule has 98 heavy (non-hydrogen) atoms. The summed E-state index contributed by atoms with van der Waals surface area (Å²) in [6, 6.07) is 102. The first-order valence-electron chi connectivity index (χ1n) is 34.7. The summed E-state index contributed by atoms with van der Waals surface area (Å²) in [6.07, 6.45) is 0. The van der Waals surface area contributed by atoms with Crippen LogP contribution >= 0.6 is 0 Å². The molecule has 468 valence electrons. The van der Waals surface area contributed by atoms with Gasteiger partial charge in [0.1, 0.15) is 0 Å². The van der Waals surface area contributed by atoms with Gasteiger partial charge in [0.05, 0.1) is 0 Å². The van der Waals surface area contributed by atoms with Crippen LogP contribution in [-0.2, 0) is 0 Å². The van der Waals surface area contributed by atoms with Crippen LogP contribution in [0.4, 0.5) is 0 Å². The van der Waals surface area contributed by atoms with Crippen molar-refractivity contribution in [2.24, 2.45) is 0 Å². The molecule has 0 saturated heterocycles. The number of fused-ring (bicyclic) bond motifs is 20. The standard InChI is InChI=1S/C22H16.2C20H16.2C18H14/c1-13-9-11-18-16-7-3-5-15-6-4-8-17(21(15)16)19-12-10-14(2)20(13)22(18)19;1-13-11-19-17-9-5-3-7-15(17)16-8-4-6-10-18(16)20(19)12-14(13)2;1-13-11-12-19-17-9-4-3-7-15(17)16-8-5-6-10-18(16)20(19)14(13)2;1-11-9-16-14-7-3-5-13-6-4-8-15(18(13)14)17(16)10-12(11)2;1-11-9-10-15-14-7-3-5-13-6-4-8-16(18(13)14)17(15)12(11)2/h3-12H,1-2H3;2*3-12H,1-2H3;2*3-10H,1-2H3. The summed E-state index contributed by atoms with van der Waals surface area (Å²) < 4.78 is 0. The maximum atomic E-state index is 2.33. The summed E-state index contributed by atoms with van der Waals surface area (Å²) in [5, 5.41) is 32.9. The Morgan fingerprint density at radius 1 is 0.143 bits per heavy atom. The monoisotopic (exact) mass is 1250 g/mol. The summed E-state index contributed by atoms with van der Waals surface area (Å²) in [5.74, 6) is 0. The minimum absolute atomic E-state index is 1.33. The van der Waals surface area contributed by atoms with E-state index < -0.39 is 0 Å². The van der Waals surface area contributed by atoms with Gasteiger partial charge in [0.25, 0.3) is 0 Å². The quantitative estimate of drug-likeness (QED) is 0.105. The molecule has 0 unspecified atom stereocenters. The van der Waals surface area contributed by atoms with Crippen LogP contribution in [0.2, 0.25) is 0 Å². The first-order chi connectivity index (χ1) is 47.8. The molecule has 0 radical (unpaired) electrons. The van der Waals surface area contributed by atoms with Gasteiger partial charge >= 0.3 is 0 Å². The van der Waals surface area contributed by atoms with Gasteiger partial charge in [0.15, 0.2) is 0 Å². The van der Waals surface area contributed by atoms with E-state index in [-0.39, 0.29) is 0 Å². The van der Waals surface area contributed by atoms with Gasteiger partial charge in [-0.15, -0.1) is 0 Å². The Bertz CT molecular complexity index is 6170. The van der Waals surface area contributed by atoms with Crippen molar-refractivity contribution in [1.82, 2.24) is 0 Å². The Labute approximate surface area is 574 Å². The minimum atomic E-state index is 1.33. The van der Waals surface area contributed by atoms with Crippen LogP contribution in [0.25, 0.3) is 174 Å². The van der Waals surface area contributed by atoms with Crippen molar-refractivity contribution in [2.45, 2.75) is 69.2 Å². The fourth-order valence-corrected chi connectivity index (χ4v) is 16.8. The molecule has 0 aliphatic heterocycles. The zero-order chi connectivity index (χ0) is 66.8. The molecule has 0 heterocycles. The van der Waals surface area contributed by atoms with Crippen molar-refractivity contribution in [1.29, 1.82) is 0 Å². The predicted molar refractivity (Wildman–Crippen MR) is 430 cm³/mol. The van der Waals surface area contributed by atoms with Crippen molar-refractivity contribution >= 4 is 129 Å². The normalized spacial score (nSPS) is 11.8. The van der Waals surface area contributed by atoms with E-state index in [0.717, 1.165) is 0 Å². The SMILES string of the molecule is Cc1cc2c(cc1C)-c1cccc3cccc-2c13.Cc1cc2c3ccccc3c3ccccc3c2cc1C.Cc1ccc2c(c1C)-c1cccc3cccc-2c13.Cc1ccc2c3cccc4cccc(c5ccc(C)c1c25)c43.Cc1ccc2c3ccccc3c3ccccc3c2c1C. The smallest absolute Gasteiger partial charge is 0.00210 e. The topological polar surface area (TPSA) is 0 Å². The van der Waals surface area contributed by atoms with Crippen molar-refractivity contribution in [3.05, 3.63) is 335 Å². The first kappa shape index (κ1) is 60.2. The van der Waals surface area contributed by atoms with Gasteiger partial charge in [-0.2, -0.15) is 0 Å². The maximum absolute atomic E-state index is 2.33. The second kappa shape index (κ2) is 23.7. The van der Waals surface area contributed by atoms with E-state index in [2.05, 4.69) is 348 Å². The highest BCUT2D eigenvalue weighted by molar-refractivity contribution is 6.34. The number of aryl methyl sites for hydroxylation is 9. The molecular formula is C98H76. The van der Waals surface area contributed by atoms with Crippen LogP contribution in [0.15, 0.2) is 279 Å². The van der Waals surface area contributed by atoms with E-state index in [1.807, 2.05) is 0 Å². The third kappa shape index (κ3) is 9.56. The first-order valence-corrected chi connectivity index (χ1v) is 34.7. The van der Waals surface area contributed by atoms with E-state index in [4.69, 9.17) is 0 Å².